The molecule has 1 N–H and O–H groups in total. The second-order valence-corrected chi connectivity index (χ2v) is 8.81. The fraction of sp³-hybridized carbons (Fsp3) is 0.310. The predicted molar refractivity (Wildman–Crippen MR) is 142 cm³/mol. The van der Waals surface area contributed by atoms with Gasteiger partial charge in [0.2, 0.25) is 5.91 Å². The summed E-state index contributed by atoms with van der Waals surface area (Å²) in [5.41, 5.74) is 1.59. The first kappa shape index (κ1) is 27.1. The summed E-state index contributed by atoms with van der Waals surface area (Å²) in [6, 6.07) is 22.9. The summed E-state index contributed by atoms with van der Waals surface area (Å²) < 4.78 is 11.0. The number of hydrogen-bond acceptors (Lipinski definition) is 4. The number of methoxy groups -OCH3 is 1. The van der Waals surface area contributed by atoms with Crippen LogP contribution in [0.3, 0.4) is 0 Å². The van der Waals surface area contributed by atoms with Gasteiger partial charge in [-0.25, -0.2) is 0 Å². The first-order valence-corrected chi connectivity index (χ1v) is 12.5. The van der Waals surface area contributed by atoms with Crippen LogP contribution in [0.4, 0.5) is 0 Å². The van der Waals surface area contributed by atoms with Gasteiger partial charge in [-0.2, -0.15) is 0 Å². The number of nitrogens with one attached hydrogen (secondary N) is 1. The lowest BCUT2D eigenvalue weighted by molar-refractivity contribution is -0.143. The minimum atomic E-state index is -0.822. The highest BCUT2D eigenvalue weighted by Crippen LogP contribution is 2.27. The topological polar surface area (TPSA) is 67.9 Å². The first-order valence-electron chi connectivity index (χ1n) is 12.2. The van der Waals surface area contributed by atoms with E-state index in [1.54, 1.807) is 36.3 Å². The smallest absolute Gasteiger partial charge is 0.261 e. The van der Waals surface area contributed by atoms with E-state index in [-0.39, 0.29) is 25.0 Å². The fourth-order valence-corrected chi connectivity index (χ4v) is 4.02. The molecule has 0 heterocycles. The Bertz CT molecular complexity index is 1110. The van der Waals surface area contributed by atoms with E-state index >= 15 is 0 Å². The van der Waals surface area contributed by atoms with Crippen molar-refractivity contribution in [3.63, 3.8) is 0 Å². The summed E-state index contributed by atoms with van der Waals surface area (Å²) in [6.45, 7) is 2.63. The average molecular weight is 509 g/mol. The molecular weight excluding hydrogens is 476 g/mol. The second-order valence-electron chi connectivity index (χ2n) is 8.40. The quantitative estimate of drug-likeness (QED) is 0.296. The Morgan fingerprint density at radius 2 is 1.64 bits per heavy atom. The van der Waals surface area contributed by atoms with Crippen LogP contribution in [0.2, 0.25) is 5.02 Å². The van der Waals surface area contributed by atoms with Crippen LogP contribution in [0.15, 0.2) is 78.9 Å². The number of unbranched alkanes of at least 4 members (excludes halogenated alkanes) is 2. The number of ether oxygens (including phenoxy) is 2. The van der Waals surface area contributed by atoms with Gasteiger partial charge in [0.05, 0.1) is 12.1 Å². The van der Waals surface area contributed by atoms with Gasteiger partial charge in [-0.1, -0.05) is 86.0 Å². The van der Waals surface area contributed by atoms with E-state index < -0.39 is 6.04 Å². The lowest BCUT2D eigenvalue weighted by Crippen LogP contribution is -2.45. The molecule has 0 aliphatic carbocycles. The van der Waals surface area contributed by atoms with Crippen molar-refractivity contribution in [2.75, 3.05) is 20.3 Å². The van der Waals surface area contributed by atoms with Crippen LogP contribution < -0.4 is 14.8 Å². The molecule has 0 unspecified atom stereocenters. The minimum Gasteiger partial charge on any atom is -0.497 e. The van der Waals surface area contributed by atoms with Crippen molar-refractivity contribution < 1.29 is 19.1 Å². The summed E-state index contributed by atoms with van der Waals surface area (Å²) in [6.07, 6.45) is 2.96. The van der Waals surface area contributed by atoms with E-state index in [0.29, 0.717) is 23.1 Å². The van der Waals surface area contributed by atoms with Crippen molar-refractivity contribution in [1.29, 1.82) is 0 Å². The summed E-state index contributed by atoms with van der Waals surface area (Å²) >= 11 is 6.21. The third-order valence-electron chi connectivity index (χ3n) is 5.78. The van der Waals surface area contributed by atoms with Gasteiger partial charge in [-0.05, 0) is 41.8 Å². The lowest BCUT2D eigenvalue weighted by atomic mass is 10.0. The number of amides is 2. The summed E-state index contributed by atoms with van der Waals surface area (Å²) in [4.78, 5) is 28.6. The van der Waals surface area contributed by atoms with Gasteiger partial charge in [0.1, 0.15) is 17.5 Å². The zero-order valence-electron chi connectivity index (χ0n) is 20.8. The van der Waals surface area contributed by atoms with Crippen LogP contribution >= 0.6 is 11.6 Å². The van der Waals surface area contributed by atoms with Crippen LogP contribution in [0.1, 0.15) is 43.4 Å². The molecule has 6 nitrogen and oxygen atoms in total. The highest BCUT2D eigenvalue weighted by Gasteiger charge is 2.31. The molecule has 0 radical (unpaired) electrons. The predicted octanol–water partition coefficient (Wildman–Crippen LogP) is 5.80. The third kappa shape index (κ3) is 7.75. The SMILES string of the molecule is CCCCCNC(=O)[C@H](c1ccccc1)N(Cc1ccc(OC)cc1)C(=O)COc1ccccc1Cl. The van der Waals surface area contributed by atoms with Gasteiger partial charge >= 0.3 is 0 Å². The fourth-order valence-electron chi connectivity index (χ4n) is 3.83. The van der Waals surface area contributed by atoms with Crippen molar-refractivity contribution >= 4 is 23.4 Å². The number of rotatable bonds is 13. The van der Waals surface area contributed by atoms with Crippen LogP contribution in [-0.2, 0) is 16.1 Å². The second kappa shape index (κ2) is 14.1. The summed E-state index contributed by atoms with van der Waals surface area (Å²) in [7, 11) is 1.60. The number of para-hydroxylation sites is 1. The average Bonchev–Trinajstić information content (AvgIpc) is 2.91. The number of hydrogen-bond donors (Lipinski definition) is 1. The zero-order chi connectivity index (χ0) is 25.8. The minimum absolute atomic E-state index is 0.219. The van der Waals surface area contributed by atoms with E-state index in [1.807, 2.05) is 54.6 Å². The van der Waals surface area contributed by atoms with Gasteiger partial charge in [0.25, 0.3) is 5.91 Å². The number of carbonyl (C=O) groups excluding carboxylic acids is 2. The van der Waals surface area contributed by atoms with Gasteiger partial charge in [-0.3, -0.25) is 9.59 Å². The Balaban J connectivity index is 1.90. The van der Waals surface area contributed by atoms with Crippen LogP contribution in [0.5, 0.6) is 11.5 Å². The Labute approximate surface area is 218 Å². The molecule has 190 valence electrons. The van der Waals surface area contributed by atoms with Gasteiger partial charge in [0.15, 0.2) is 6.61 Å². The first-order chi connectivity index (χ1) is 17.5. The monoisotopic (exact) mass is 508 g/mol. The standard InChI is InChI=1S/C29H33ClN2O4/c1-3-4-10-19-31-29(34)28(23-11-6-5-7-12-23)32(20-22-15-17-24(35-2)18-16-22)27(33)21-36-26-14-9-8-13-25(26)30/h5-9,11-18,28H,3-4,10,19-21H2,1-2H3,(H,31,34)/t28-/m0/s1. The Morgan fingerprint density at radius 1 is 0.944 bits per heavy atom. The maximum absolute atomic E-state index is 13.6. The van der Waals surface area contributed by atoms with Crippen LogP contribution in [0, 0.1) is 0 Å². The molecule has 0 fully saturated rings. The molecule has 0 saturated heterocycles. The molecule has 0 aliphatic rings. The molecule has 3 aromatic carbocycles. The molecule has 0 aliphatic heterocycles. The maximum Gasteiger partial charge on any atom is 0.261 e. The van der Waals surface area contributed by atoms with Crippen LogP contribution in [-0.4, -0.2) is 37.0 Å². The molecule has 0 bridgehead atoms. The van der Waals surface area contributed by atoms with Crippen molar-refractivity contribution in [2.24, 2.45) is 0 Å². The molecule has 0 spiro atoms. The summed E-state index contributed by atoms with van der Waals surface area (Å²) in [5, 5.41) is 3.44. The number of carbonyl (C=O) groups is 2. The summed E-state index contributed by atoms with van der Waals surface area (Å²) in [5.74, 6) is 0.573. The van der Waals surface area contributed by atoms with E-state index in [2.05, 4.69) is 12.2 Å². The third-order valence-corrected chi connectivity index (χ3v) is 6.09. The zero-order valence-corrected chi connectivity index (χ0v) is 21.5. The number of halogens is 1. The van der Waals surface area contributed by atoms with E-state index in [4.69, 9.17) is 21.1 Å². The maximum atomic E-state index is 13.6. The van der Waals surface area contributed by atoms with Gasteiger partial charge in [0, 0.05) is 13.1 Å². The molecule has 7 heteroatoms. The van der Waals surface area contributed by atoms with Crippen molar-refractivity contribution in [1.82, 2.24) is 10.2 Å². The van der Waals surface area contributed by atoms with Crippen LogP contribution in [0.25, 0.3) is 0 Å². The normalized spacial score (nSPS) is 11.4. The molecule has 0 saturated carbocycles. The highest BCUT2D eigenvalue weighted by atomic mass is 35.5. The van der Waals surface area contributed by atoms with Crippen molar-refractivity contribution in [2.45, 2.75) is 38.8 Å². The Morgan fingerprint density at radius 3 is 2.31 bits per heavy atom. The molecule has 0 aromatic heterocycles. The van der Waals surface area contributed by atoms with E-state index in [1.165, 1.54) is 0 Å². The van der Waals surface area contributed by atoms with Gasteiger partial charge < -0.3 is 19.7 Å². The molecule has 36 heavy (non-hydrogen) atoms. The number of nitrogens with zero attached hydrogens (tertiary/aromatic N) is 1. The number of benzene rings is 3. The van der Waals surface area contributed by atoms with Crippen molar-refractivity contribution in [3.05, 3.63) is 95.0 Å². The molecule has 3 rings (SSSR count). The lowest BCUT2D eigenvalue weighted by Gasteiger charge is -2.31. The molecule has 2 amide bonds. The van der Waals surface area contributed by atoms with E-state index in [9.17, 15) is 9.59 Å². The molecule has 1 atom stereocenters. The molecular formula is C29H33ClN2O4. The van der Waals surface area contributed by atoms with Gasteiger partial charge in [-0.15, -0.1) is 0 Å². The highest BCUT2D eigenvalue weighted by molar-refractivity contribution is 6.32. The largest absolute Gasteiger partial charge is 0.497 e. The van der Waals surface area contributed by atoms with Crippen molar-refractivity contribution in [3.8, 4) is 11.5 Å². The Hall–Kier alpha value is -3.51. The van der Waals surface area contributed by atoms with E-state index in [0.717, 1.165) is 30.4 Å². The molecule has 3 aromatic rings. The Kier molecular flexibility index (Phi) is 10.6.